The molecule has 0 aromatic carbocycles. The molecule has 0 bridgehead atoms. The van der Waals surface area contributed by atoms with Crippen molar-refractivity contribution in [1.29, 1.82) is 0 Å². The van der Waals surface area contributed by atoms with Crippen molar-refractivity contribution in [2.45, 2.75) is 38.2 Å². The van der Waals surface area contributed by atoms with Crippen molar-refractivity contribution in [1.82, 2.24) is 4.98 Å². The third-order valence-corrected chi connectivity index (χ3v) is 5.05. The highest BCUT2D eigenvalue weighted by Crippen LogP contribution is 2.43. The lowest BCUT2D eigenvalue weighted by atomic mass is 9.87. The topological polar surface area (TPSA) is 33.1 Å². The summed E-state index contributed by atoms with van der Waals surface area (Å²) in [5, 5.41) is 10.5. The first-order valence-corrected chi connectivity index (χ1v) is 6.61. The molecule has 1 N–H and O–H groups in total. The van der Waals surface area contributed by atoms with Crippen LogP contribution in [0.2, 0.25) is 0 Å². The third-order valence-electron chi connectivity index (χ3n) is 3.13. The number of rotatable bonds is 2. The Labute approximate surface area is 96.5 Å². The lowest BCUT2D eigenvalue weighted by molar-refractivity contribution is -0.000676. The molecule has 1 atom stereocenters. The minimum atomic E-state index is -0.698. The highest BCUT2D eigenvalue weighted by molar-refractivity contribution is 9.10. The van der Waals surface area contributed by atoms with Crippen LogP contribution in [0.1, 0.15) is 37.5 Å². The molecular weight excluding hydrogens is 262 g/mol. The maximum absolute atomic E-state index is 10.5. The lowest BCUT2D eigenvalue weighted by Gasteiger charge is -2.28. The van der Waals surface area contributed by atoms with Gasteiger partial charge in [0.1, 0.15) is 10.2 Å². The van der Waals surface area contributed by atoms with E-state index in [0.29, 0.717) is 5.92 Å². The van der Waals surface area contributed by atoms with Gasteiger partial charge in [0.15, 0.2) is 0 Å². The Balaban J connectivity index is 2.26. The third kappa shape index (κ3) is 1.75. The number of thiazole rings is 1. The summed E-state index contributed by atoms with van der Waals surface area (Å²) in [4.78, 5) is 5.11. The number of aromatic nitrogens is 1. The van der Waals surface area contributed by atoms with Crippen molar-refractivity contribution in [3.63, 3.8) is 0 Å². The van der Waals surface area contributed by atoms with Gasteiger partial charge in [0, 0.05) is 0 Å². The van der Waals surface area contributed by atoms with E-state index in [1.165, 1.54) is 24.2 Å². The molecule has 0 saturated heterocycles. The van der Waals surface area contributed by atoms with Gasteiger partial charge in [-0.1, -0.05) is 12.8 Å². The van der Waals surface area contributed by atoms with Crippen LogP contribution in [-0.4, -0.2) is 10.1 Å². The lowest BCUT2D eigenvalue weighted by Crippen LogP contribution is -2.29. The van der Waals surface area contributed by atoms with E-state index in [-0.39, 0.29) is 0 Å². The molecule has 14 heavy (non-hydrogen) atoms. The summed E-state index contributed by atoms with van der Waals surface area (Å²) in [5.41, 5.74) is 1.08. The van der Waals surface area contributed by atoms with Crippen LogP contribution in [0.4, 0.5) is 0 Å². The molecule has 1 aliphatic rings. The van der Waals surface area contributed by atoms with Gasteiger partial charge in [0.2, 0.25) is 0 Å². The Morgan fingerprint density at radius 1 is 1.57 bits per heavy atom. The molecule has 0 spiro atoms. The number of halogens is 1. The highest BCUT2D eigenvalue weighted by Gasteiger charge is 2.38. The van der Waals surface area contributed by atoms with Crippen molar-refractivity contribution in [2.75, 3.05) is 0 Å². The Morgan fingerprint density at radius 3 is 2.71 bits per heavy atom. The molecule has 2 rings (SSSR count). The second-order valence-corrected chi connectivity index (χ2v) is 5.71. The van der Waals surface area contributed by atoms with E-state index in [0.717, 1.165) is 22.3 Å². The van der Waals surface area contributed by atoms with E-state index < -0.39 is 5.60 Å². The summed E-state index contributed by atoms with van der Waals surface area (Å²) in [5.74, 6) is 0.402. The quantitative estimate of drug-likeness (QED) is 0.899. The molecule has 1 aromatic heterocycles. The van der Waals surface area contributed by atoms with Crippen molar-refractivity contribution in [3.05, 3.63) is 15.0 Å². The zero-order valence-corrected chi connectivity index (χ0v) is 10.6. The van der Waals surface area contributed by atoms with Gasteiger partial charge >= 0.3 is 0 Å². The minimum absolute atomic E-state index is 0.402. The van der Waals surface area contributed by atoms with Gasteiger partial charge in [-0.05, 0) is 41.6 Å². The number of hydrogen-bond acceptors (Lipinski definition) is 3. The van der Waals surface area contributed by atoms with Gasteiger partial charge in [-0.3, -0.25) is 0 Å². The van der Waals surface area contributed by atoms with E-state index in [1.54, 1.807) is 5.51 Å². The van der Waals surface area contributed by atoms with Crippen LogP contribution >= 0.6 is 27.3 Å². The molecule has 1 aromatic rings. The van der Waals surface area contributed by atoms with Crippen LogP contribution in [0, 0.1) is 5.92 Å². The maximum Gasteiger partial charge on any atom is 0.123 e. The normalized spacial score (nSPS) is 22.5. The first kappa shape index (κ1) is 10.6. The van der Waals surface area contributed by atoms with Crippen LogP contribution < -0.4 is 0 Å². The van der Waals surface area contributed by atoms with Crippen LogP contribution in [0.3, 0.4) is 0 Å². The maximum atomic E-state index is 10.5. The van der Waals surface area contributed by atoms with Crippen molar-refractivity contribution in [3.8, 4) is 0 Å². The standard InChI is InChI=1S/C10H14BrNOS/c1-10(13,7-4-2-3-5-7)8-9(11)12-6-14-8/h6-7,13H,2-5H2,1H3. The second-order valence-electron chi connectivity index (χ2n) is 4.10. The largest absolute Gasteiger partial charge is 0.384 e. The van der Waals surface area contributed by atoms with Crippen LogP contribution in [-0.2, 0) is 5.60 Å². The summed E-state index contributed by atoms with van der Waals surface area (Å²) in [6, 6.07) is 0. The van der Waals surface area contributed by atoms with Gasteiger partial charge in [-0.2, -0.15) is 0 Å². The first-order chi connectivity index (χ1) is 6.62. The molecule has 78 valence electrons. The van der Waals surface area contributed by atoms with E-state index in [4.69, 9.17) is 0 Å². The zero-order chi connectivity index (χ0) is 10.2. The molecule has 0 aliphatic heterocycles. The van der Waals surface area contributed by atoms with Crippen molar-refractivity contribution < 1.29 is 5.11 Å². The van der Waals surface area contributed by atoms with Crippen molar-refractivity contribution >= 4 is 27.3 Å². The zero-order valence-electron chi connectivity index (χ0n) is 8.16. The van der Waals surface area contributed by atoms with Crippen LogP contribution in [0.15, 0.2) is 10.1 Å². The van der Waals surface area contributed by atoms with E-state index in [2.05, 4.69) is 20.9 Å². The molecular formula is C10H14BrNOS. The molecule has 2 nitrogen and oxygen atoms in total. The summed E-state index contributed by atoms with van der Waals surface area (Å²) >= 11 is 4.92. The molecule has 0 amide bonds. The Bertz CT molecular complexity index is 318. The molecule has 1 saturated carbocycles. The predicted octanol–water partition coefficient (Wildman–Crippen LogP) is 3.30. The SMILES string of the molecule is CC(O)(c1scnc1Br)C1CCCC1. The first-order valence-electron chi connectivity index (χ1n) is 4.94. The van der Waals surface area contributed by atoms with Gasteiger partial charge < -0.3 is 5.11 Å². The molecule has 1 fully saturated rings. The van der Waals surface area contributed by atoms with Crippen molar-refractivity contribution in [2.24, 2.45) is 5.92 Å². The number of aliphatic hydroxyl groups is 1. The van der Waals surface area contributed by atoms with Crippen LogP contribution in [0.25, 0.3) is 0 Å². The molecule has 1 heterocycles. The van der Waals surface area contributed by atoms with E-state index >= 15 is 0 Å². The number of hydrogen-bond donors (Lipinski definition) is 1. The number of nitrogens with zero attached hydrogens (tertiary/aromatic N) is 1. The van der Waals surface area contributed by atoms with Crippen LogP contribution in [0.5, 0.6) is 0 Å². The van der Waals surface area contributed by atoms with Gasteiger partial charge in [-0.25, -0.2) is 4.98 Å². The molecule has 4 heteroatoms. The Morgan fingerprint density at radius 2 is 2.21 bits per heavy atom. The smallest absolute Gasteiger partial charge is 0.123 e. The summed E-state index contributed by atoms with van der Waals surface area (Å²) in [7, 11) is 0. The average Bonchev–Trinajstić information content (AvgIpc) is 2.72. The Kier molecular flexibility index (Phi) is 2.96. The molecule has 1 unspecified atom stereocenters. The predicted molar refractivity (Wildman–Crippen MR) is 61.3 cm³/mol. The minimum Gasteiger partial charge on any atom is -0.384 e. The average molecular weight is 276 g/mol. The highest BCUT2D eigenvalue weighted by atomic mass is 79.9. The summed E-state index contributed by atoms with van der Waals surface area (Å²) in [6.07, 6.45) is 4.77. The fraction of sp³-hybridized carbons (Fsp3) is 0.700. The second kappa shape index (κ2) is 3.91. The fourth-order valence-corrected chi connectivity index (χ4v) is 3.97. The van der Waals surface area contributed by atoms with E-state index in [9.17, 15) is 5.11 Å². The molecule has 1 aliphatic carbocycles. The van der Waals surface area contributed by atoms with E-state index in [1.807, 2.05) is 6.92 Å². The summed E-state index contributed by atoms with van der Waals surface area (Å²) < 4.78 is 0.805. The monoisotopic (exact) mass is 275 g/mol. The Hall–Kier alpha value is 0.0700. The molecule has 0 radical (unpaired) electrons. The van der Waals surface area contributed by atoms with Gasteiger partial charge in [-0.15, -0.1) is 11.3 Å². The van der Waals surface area contributed by atoms with Gasteiger partial charge in [0.25, 0.3) is 0 Å². The fourth-order valence-electron chi connectivity index (χ4n) is 2.23. The summed E-state index contributed by atoms with van der Waals surface area (Å²) in [6.45, 7) is 1.92. The van der Waals surface area contributed by atoms with Gasteiger partial charge in [0.05, 0.1) is 10.4 Å².